The van der Waals surface area contributed by atoms with Gasteiger partial charge in [0.1, 0.15) is 0 Å². The second-order valence-corrected chi connectivity index (χ2v) is 14.8. The number of aryl methyl sites for hydroxylation is 4. The van der Waals surface area contributed by atoms with Gasteiger partial charge < -0.3 is 20.4 Å². The fraction of sp³-hybridized carbons (Fsp3) is 0.625. The molecule has 3 heteroatoms. The molecule has 0 unspecified atom stereocenters. The molecule has 0 aromatic heterocycles. The van der Waals surface area contributed by atoms with E-state index >= 15 is 0 Å². The summed E-state index contributed by atoms with van der Waals surface area (Å²) in [4.78, 5) is 0. The van der Waals surface area contributed by atoms with Crippen LogP contribution in [0.5, 0.6) is 0 Å². The molecule has 0 N–H and O–H groups in total. The van der Waals surface area contributed by atoms with Crippen molar-refractivity contribution in [3.05, 3.63) is 102 Å². The summed E-state index contributed by atoms with van der Waals surface area (Å²) in [7, 11) is 0. The minimum absolute atomic E-state index is 0. The standard InChI is InChI=1S/C46H72N2.2CH3.Pd/c1-6-11-16-19-21-23-28-40-32-41(29-24-22-20-17-12-7-2)34-43(33-40)45-37-42(30-25-18-13-8-3)46(48(45)47)44-35-38(26-14-9-4)31-39(36-44)27-15-10-5;;;/h31-37H,6-30H2,1-5H3;2*1H3;/q;2*-1;+2. The Balaban J connectivity index is 0.00000833. The first-order valence-electron chi connectivity index (χ1n) is 20.7. The monoisotopic (exact) mass is 789 g/mol. The molecule has 290 valence electrons. The van der Waals surface area contributed by atoms with Gasteiger partial charge in [-0.2, -0.15) is 0 Å². The molecule has 0 fully saturated rings. The minimum atomic E-state index is 0. The van der Waals surface area contributed by atoms with Gasteiger partial charge in [-0.05, 0) is 111 Å². The summed E-state index contributed by atoms with van der Waals surface area (Å²) < 4.78 is 1.58. The Labute approximate surface area is 331 Å². The molecule has 51 heavy (non-hydrogen) atoms. The Bertz CT molecular complexity index is 1230. The first kappa shape index (κ1) is 49.2. The van der Waals surface area contributed by atoms with Crippen LogP contribution in [0.15, 0.2) is 48.0 Å². The Hall–Kier alpha value is -1.82. The van der Waals surface area contributed by atoms with E-state index in [9.17, 15) is 5.53 Å². The molecule has 1 aliphatic heterocycles. The van der Waals surface area contributed by atoms with Gasteiger partial charge in [-0.15, -0.1) is 0 Å². The van der Waals surface area contributed by atoms with Crippen LogP contribution in [0, 0.1) is 14.9 Å². The van der Waals surface area contributed by atoms with E-state index < -0.39 is 0 Å². The van der Waals surface area contributed by atoms with Crippen molar-refractivity contribution >= 4 is 11.4 Å². The molecule has 0 amide bonds. The van der Waals surface area contributed by atoms with Crippen LogP contribution in [0.4, 0.5) is 0 Å². The van der Waals surface area contributed by atoms with Crippen LogP contribution in [0.3, 0.4) is 0 Å². The van der Waals surface area contributed by atoms with Crippen molar-refractivity contribution < 1.29 is 25.1 Å². The quantitative estimate of drug-likeness (QED) is 0.0373. The smallest absolute Gasteiger partial charge is 0.493 e. The third-order valence-corrected chi connectivity index (χ3v) is 10.3. The predicted octanol–water partition coefficient (Wildman–Crippen LogP) is 15.8. The number of allylic oxidation sites excluding steroid dienone is 2. The van der Waals surface area contributed by atoms with Crippen molar-refractivity contribution in [2.75, 3.05) is 0 Å². The van der Waals surface area contributed by atoms with Gasteiger partial charge in [0.05, 0.1) is 0 Å². The predicted molar refractivity (Wildman–Crippen MR) is 224 cm³/mol. The van der Waals surface area contributed by atoms with Gasteiger partial charge in [-0.1, -0.05) is 143 Å². The SMILES string of the molecule is CCCCCCCCc1cc(CCCCCCCC)cc(C2=CC(CCCCCC)=C(c3cc(CCCC)cc(CCCC)c3)[N+]2=[N-])c1.[CH3-].[CH3-].[Pd+2]. The van der Waals surface area contributed by atoms with Crippen LogP contribution in [0.1, 0.15) is 203 Å². The molecular formula is C48H78N2Pd. The van der Waals surface area contributed by atoms with Crippen molar-refractivity contribution in [3.63, 3.8) is 0 Å². The number of unbranched alkanes of at least 4 members (excludes halogenated alkanes) is 15. The van der Waals surface area contributed by atoms with Crippen molar-refractivity contribution in [2.24, 2.45) is 0 Å². The molecule has 0 aliphatic carbocycles. The number of nitrogens with zero attached hydrogens (tertiary/aromatic N) is 2. The molecule has 3 rings (SSSR count). The van der Waals surface area contributed by atoms with E-state index in [2.05, 4.69) is 77.1 Å². The Morgan fingerprint density at radius 2 is 0.745 bits per heavy atom. The number of hydrogen-bond donors (Lipinski definition) is 0. The number of hydrogen-bond acceptors (Lipinski definition) is 0. The van der Waals surface area contributed by atoms with Gasteiger partial charge in [-0.25, -0.2) is 4.70 Å². The molecule has 2 aromatic carbocycles. The molecular weight excluding hydrogens is 711 g/mol. The molecule has 1 heterocycles. The van der Waals surface area contributed by atoms with Crippen LogP contribution in [-0.4, -0.2) is 4.70 Å². The average molecular weight is 790 g/mol. The van der Waals surface area contributed by atoms with Crippen molar-refractivity contribution in [1.82, 2.24) is 0 Å². The van der Waals surface area contributed by atoms with E-state index in [0.717, 1.165) is 43.5 Å². The van der Waals surface area contributed by atoms with E-state index in [1.54, 1.807) is 4.70 Å². The van der Waals surface area contributed by atoms with Crippen LogP contribution >= 0.6 is 0 Å². The summed E-state index contributed by atoms with van der Waals surface area (Å²) in [5.74, 6) is 0. The molecule has 2 nitrogen and oxygen atoms in total. The van der Waals surface area contributed by atoms with Crippen molar-refractivity contribution in [1.29, 1.82) is 0 Å². The van der Waals surface area contributed by atoms with Gasteiger partial charge >= 0.3 is 20.4 Å². The Morgan fingerprint density at radius 1 is 0.412 bits per heavy atom. The third-order valence-electron chi connectivity index (χ3n) is 10.3. The molecule has 0 saturated heterocycles. The van der Waals surface area contributed by atoms with E-state index in [1.807, 2.05) is 0 Å². The van der Waals surface area contributed by atoms with Gasteiger partial charge in [0.2, 0.25) is 11.4 Å². The summed E-state index contributed by atoms with van der Waals surface area (Å²) >= 11 is 0. The van der Waals surface area contributed by atoms with Crippen molar-refractivity contribution in [3.8, 4) is 0 Å². The fourth-order valence-corrected chi connectivity index (χ4v) is 7.36. The summed E-state index contributed by atoms with van der Waals surface area (Å²) in [6, 6.07) is 14.5. The van der Waals surface area contributed by atoms with Gasteiger partial charge in [0.25, 0.3) is 0 Å². The summed E-state index contributed by atoms with van der Waals surface area (Å²) in [6.07, 6.45) is 33.5. The second kappa shape index (κ2) is 29.6. The zero-order valence-electron chi connectivity index (χ0n) is 34.4. The van der Waals surface area contributed by atoms with Crippen molar-refractivity contribution in [2.45, 2.75) is 195 Å². The zero-order valence-corrected chi connectivity index (χ0v) is 36.0. The van der Waals surface area contributed by atoms with Gasteiger partial charge in [-0.3, -0.25) is 0 Å². The van der Waals surface area contributed by atoms with E-state index in [0.29, 0.717) is 0 Å². The second-order valence-electron chi connectivity index (χ2n) is 14.8. The Kier molecular flexibility index (Phi) is 28.6. The molecule has 0 bridgehead atoms. The largest absolute Gasteiger partial charge is 2.00 e. The van der Waals surface area contributed by atoms with E-state index in [1.165, 1.54) is 167 Å². The zero-order chi connectivity index (χ0) is 34.4. The van der Waals surface area contributed by atoms with Crippen LogP contribution < -0.4 is 0 Å². The van der Waals surface area contributed by atoms with Gasteiger partial charge in [0.15, 0.2) is 0 Å². The molecule has 0 saturated carbocycles. The molecule has 0 atom stereocenters. The van der Waals surface area contributed by atoms with Crippen LogP contribution in [-0.2, 0) is 46.1 Å². The van der Waals surface area contributed by atoms with E-state index in [4.69, 9.17) is 0 Å². The fourth-order valence-electron chi connectivity index (χ4n) is 7.36. The van der Waals surface area contributed by atoms with Crippen LogP contribution in [0.2, 0.25) is 0 Å². The topological polar surface area (TPSA) is 25.3 Å². The summed E-state index contributed by atoms with van der Waals surface area (Å²) in [6.45, 7) is 11.4. The minimum Gasteiger partial charge on any atom is -0.493 e. The maximum absolute atomic E-state index is 12.1. The number of rotatable bonds is 27. The Morgan fingerprint density at radius 3 is 1.18 bits per heavy atom. The first-order chi connectivity index (χ1) is 23.5. The van der Waals surface area contributed by atoms with Crippen LogP contribution in [0.25, 0.3) is 16.9 Å². The third kappa shape index (κ3) is 17.7. The number of benzene rings is 2. The molecule has 2 aromatic rings. The maximum Gasteiger partial charge on any atom is 2.00 e. The summed E-state index contributed by atoms with van der Waals surface area (Å²) in [5, 5.41) is 0. The molecule has 0 radical (unpaired) electrons. The van der Waals surface area contributed by atoms with E-state index in [-0.39, 0.29) is 35.3 Å². The average Bonchev–Trinajstić information content (AvgIpc) is 3.43. The maximum atomic E-state index is 12.1. The first-order valence-corrected chi connectivity index (χ1v) is 20.7. The normalized spacial score (nSPS) is 12.4. The van der Waals surface area contributed by atoms with Gasteiger partial charge in [0, 0.05) is 22.8 Å². The molecule has 0 spiro atoms. The summed E-state index contributed by atoms with van der Waals surface area (Å²) in [5.41, 5.74) is 23.6. The molecule has 1 aliphatic rings.